The highest BCUT2D eigenvalue weighted by molar-refractivity contribution is 6.00. The number of nitrogens with zero attached hydrogens (tertiary/aromatic N) is 1. The van der Waals surface area contributed by atoms with Crippen molar-refractivity contribution in [3.63, 3.8) is 0 Å². The van der Waals surface area contributed by atoms with Crippen molar-refractivity contribution in [3.05, 3.63) is 111 Å². The first-order chi connectivity index (χ1) is 22.6. The van der Waals surface area contributed by atoms with E-state index in [1.54, 1.807) is 48.7 Å². The molecule has 0 saturated heterocycles. The molecule has 248 valence electrons. The highest BCUT2D eigenvalue weighted by Gasteiger charge is 2.23. The SMILES string of the molecule is Cc1ccc(C(=O)NCCC(=O)OCc2ccccc2)cc1NC(=O)[C@H](CCCNC(=N)N[N+](=O)[O-])NC(=O)OCc1ccccc1. The number of guanidine groups is 1. The summed E-state index contributed by atoms with van der Waals surface area (Å²) < 4.78 is 10.5. The Morgan fingerprint density at radius 2 is 1.51 bits per heavy atom. The van der Waals surface area contributed by atoms with Gasteiger partial charge in [0.1, 0.15) is 19.3 Å². The smallest absolute Gasteiger partial charge is 0.408 e. The Balaban J connectivity index is 1.57. The topological polar surface area (TPSA) is 214 Å². The molecule has 1 atom stereocenters. The maximum atomic E-state index is 13.3. The van der Waals surface area contributed by atoms with E-state index in [0.717, 1.165) is 11.1 Å². The molecule has 0 aliphatic carbocycles. The van der Waals surface area contributed by atoms with E-state index in [9.17, 15) is 29.3 Å². The van der Waals surface area contributed by atoms with E-state index < -0.39 is 40.9 Å². The molecule has 3 aromatic carbocycles. The van der Waals surface area contributed by atoms with Gasteiger partial charge in [0, 0.05) is 24.3 Å². The number of carbonyl (C=O) groups is 4. The number of rotatable bonds is 16. The number of ether oxygens (including phenoxy) is 2. The van der Waals surface area contributed by atoms with Gasteiger partial charge >= 0.3 is 12.1 Å². The molecule has 15 nitrogen and oxygen atoms in total. The zero-order valence-electron chi connectivity index (χ0n) is 25.7. The van der Waals surface area contributed by atoms with Crippen LogP contribution in [-0.2, 0) is 32.3 Å². The highest BCUT2D eigenvalue weighted by atomic mass is 16.7. The van der Waals surface area contributed by atoms with Crippen molar-refractivity contribution >= 4 is 35.5 Å². The Bertz CT molecular complexity index is 1540. The molecule has 3 amide bonds. The molecule has 0 heterocycles. The maximum absolute atomic E-state index is 13.3. The van der Waals surface area contributed by atoms with E-state index in [1.807, 2.05) is 36.4 Å². The van der Waals surface area contributed by atoms with Gasteiger partial charge in [0.15, 0.2) is 5.03 Å². The van der Waals surface area contributed by atoms with Gasteiger partial charge in [0.05, 0.1) is 6.42 Å². The molecule has 6 N–H and O–H groups in total. The van der Waals surface area contributed by atoms with E-state index in [4.69, 9.17) is 14.9 Å². The standard InChI is InChI=1S/C32H37N7O8/c1-22-14-15-25(29(41)34-18-16-28(40)46-20-23-9-4-2-5-10-23)19-27(22)36-30(42)26(13-8-17-35-31(33)38-39(44)45)37-32(43)47-21-24-11-6-3-7-12-24/h2-7,9-12,14-15,19,26H,8,13,16-18,20-21H2,1H3,(H,34,41)(H,36,42)(H,37,43)(H3,33,35,38)/t26-/m0/s1. The lowest BCUT2D eigenvalue weighted by atomic mass is 10.1. The molecule has 0 spiro atoms. The number of carbonyl (C=O) groups excluding carboxylic acids is 4. The van der Waals surface area contributed by atoms with Crippen LogP contribution in [0.5, 0.6) is 0 Å². The average Bonchev–Trinajstić information content (AvgIpc) is 3.05. The number of nitrogens with one attached hydrogen (secondary N) is 6. The summed E-state index contributed by atoms with van der Waals surface area (Å²) in [4.78, 5) is 61.3. The number of hydrogen-bond acceptors (Lipinski definition) is 9. The summed E-state index contributed by atoms with van der Waals surface area (Å²) in [5.74, 6) is -2.05. The van der Waals surface area contributed by atoms with Crippen molar-refractivity contribution in [3.8, 4) is 0 Å². The van der Waals surface area contributed by atoms with Gasteiger partial charge in [-0.25, -0.2) is 14.9 Å². The quantitative estimate of drug-likeness (QED) is 0.0333. The van der Waals surface area contributed by atoms with Crippen LogP contribution < -0.4 is 26.7 Å². The van der Waals surface area contributed by atoms with Crippen LogP contribution in [0, 0.1) is 22.4 Å². The number of alkyl carbamates (subject to hydrolysis) is 1. The van der Waals surface area contributed by atoms with Crippen molar-refractivity contribution in [1.82, 2.24) is 21.4 Å². The third kappa shape index (κ3) is 13.3. The molecule has 0 unspecified atom stereocenters. The first-order valence-corrected chi connectivity index (χ1v) is 14.7. The van der Waals surface area contributed by atoms with E-state index in [1.165, 1.54) is 6.07 Å². The predicted octanol–water partition coefficient (Wildman–Crippen LogP) is 3.18. The number of anilines is 1. The number of amides is 3. The summed E-state index contributed by atoms with van der Waals surface area (Å²) in [7, 11) is 0. The zero-order chi connectivity index (χ0) is 34.0. The first kappa shape index (κ1) is 35.5. The summed E-state index contributed by atoms with van der Waals surface area (Å²) in [5, 5.41) is 27.6. The Hall–Kier alpha value is -5.99. The van der Waals surface area contributed by atoms with E-state index in [-0.39, 0.29) is 51.1 Å². The van der Waals surface area contributed by atoms with Crippen LogP contribution in [0.1, 0.15) is 46.3 Å². The molecule has 3 aromatic rings. The van der Waals surface area contributed by atoms with E-state index in [2.05, 4.69) is 21.3 Å². The largest absolute Gasteiger partial charge is 0.461 e. The monoisotopic (exact) mass is 647 g/mol. The minimum absolute atomic E-state index is 0.0205. The molecular formula is C32H37N7O8. The Kier molecular flexibility index (Phi) is 14.1. The van der Waals surface area contributed by atoms with Gasteiger partial charge in [0.2, 0.25) is 5.91 Å². The van der Waals surface area contributed by atoms with Gasteiger partial charge in [0.25, 0.3) is 11.9 Å². The van der Waals surface area contributed by atoms with Crippen molar-refractivity contribution in [2.75, 3.05) is 18.4 Å². The lowest BCUT2D eigenvalue weighted by Crippen LogP contribution is -2.45. The number of esters is 1. The second-order valence-corrected chi connectivity index (χ2v) is 10.2. The van der Waals surface area contributed by atoms with Crippen LogP contribution in [0.2, 0.25) is 0 Å². The van der Waals surface area contributed by atoms with Crippen molar-refractivity contribution < 1.29 is 33.7 Å². The predicted molar refractivity (Wildman–Crippen MR) is 172 cm³/mol. The number of benzene rings is 3. The minimum atomic E-state index is -1.09. The van der Waals surface area contributed by atoms with Crippen LogP contribution in [0.4, 0.5) is 10.5 Å². The second-order valence-electron chi connectivity index (χ2n) is 10.2. The average molecular weight is 648 g/mol. The third-order valence-electron chi connectivity index (χ3n) is 6.61. The molecular weight excluding hydrogens is 610 g/mol. The number of aryl methyl sites for hydroxylation is 1. The number of hydrazine groups is 1. The van der Waals surface area contributed by atoms with Crippen LogP contribution in [0.15, 0.2) is 78.9 Å². The third-order valence-corrected chi connectivity index (χ3v) is 6.61. The lowest BCUT2D eigenvalue weighted by molar-refractivity contribution is -0.525. The van der Waals surface area contributed by atoms with Crippen molar-refractivity contribution in [2.45, 2.75) is 45.4 Å². The van der Waals surface area contributed by atoms with Crippen LogP contribution in [0.25, 0.3) is 0 Å². The maximum Gasteiger partial charge on any atom is 0.408 e. The molecule has 0 radical (unpaired) electrons. The fraction of sp³-hybridized carbons (Fsp3) is 0.281. The molecule has 47 heavy (non-hydrogen) atoms. The van der Waals surface area contributed by atoms with Gasteiger partial charge < -0.3 is 30.7 Å². The van der Waals surface area contributed by atoms with Crippen molar-refractivity contribution in [2.24, 2.45) is 0 Å². The molecule has 0 bridgehead atoms. The number of hydrogen-bond donors (Lipinski definition) is 6. The van der Waals surface area contributed by atoms with Gasteiger partial charge in [-0.15, -0.1) is 0 Å². The van der Waals surface area contributed by atoms with Gasteiger partial charge in [-0.1, -0.05) is 72.2 Å². The fourth-order valence-electron chi connectivity index (χ4n) is 4.13. The van der Waals surface area contributed by atoms with E-state index in [0.29, 0.717) is 11.3 Å². The van der Waals surface area contributed by atoms with Gasteiger partial charge in [-0.05, 0) is 48.6 Å². The van der Waals surface area contributed by atoms with Crippen molar-refractivity contribution in [1.29, 1.82) is 5.41 Å². The molecule has 0 aromatic heterocycles. The van der Waals surface area contributed by atoms with Crippen LogP contribution in [-0.4, -0.2) is 54.0 Å². The Labute approximate surface area is 271 Å². The molecule has 0 fully saturated rings. The van der Waals surface area contributed by atoms with Crippen LogP contribution >= 0.6 is 0 Å². The summed E-state index contributed by atoms with van der Waals surface area (Å²) >= 11 is 0. The molecule has 15 heteroatoms. The Morgan fingerprint density at radius 3 is 2.15 bits per heavy atom. The Morgan fingerprint density at radius 1 is 0.872 bits per heavy atom. The molecule has 0 aliphatic rings. The molecule has 3 rings (SSSR count). The second kappa shape index (κ2) is 18.7. The minimum Gasteiger partial charge on any atom is -0.461 e. The summed E-state index contributed by atoms with van der Waals surface area (Å²) in [6, 6.07) is 21.8. The first-order valence-electron chi connectivity index (χ1n) is 14.7. The molecule has 0 saturated carbocycles. The summed E-state index contributed by atoms with van der Waals surface area (Å²) in [6.45, 7) is 1.98. The molecule has 0 aliphatic heterocycles. The highest BCUT2D eigenvalue weighted by Crippen LogP contribution is 2.18. The zero-order valence-corrected chi connectivity index (χ0v) is 25.7. The summed E-state index contributed by atoms with van der Waals surface area (Å²) in [6.07, 6.45) is -0.534. The van der Waals surface area contributed by atoms with E-state index >= 15 is 0 Å². The lowest BCUT2D eigenvalue weighted by Gasteiger charge is -2.20. The number of nitro groups is 1. The fourth-order valence-corrected chi connectivity index (χ4v) is 4.13. The van der Waals surface area contributed by atoms with Gasteiger partial charge in [-0.2, -0.15) is 0 Å². The summed E-state index contributed by atoms with van der Waals surface area (Å²) in [5.41, 5.74) is 4.47. The normalized spacial score (nSPS) is 10.9. The van der Waals surface area contributed by atoms with Crippen LogP contribution in [0.3, 0.4) is 0 Å². The van der Waals surface area contributed by atoms with Gasteiger partial charge in [-0.3, -0.25) is 19.8 Å².